The van der Waals surface area contributed by atoms with Crippen LogP contribution in [0.4, 0.5) is 0 Å². The normalized spacial score (nSPS) is 21.2. The van der Waals surface area contributed by atoms with Crippen LogP contribution in [0.2, 0.25) is 5.02 Å². The number of benzene rings is 2. The molecular weight excluding hydrogens is 508 g/mol. The van der Waals surface area contributed by atoms with E-state index in [1.165, 1.54) is 28.6 Å². The zero-order valence-electron chi connectivity index (χ0n) is 19.1. The number of carbonyl (C=O) groups excluding carboxylic acids is 1. The Bertz CT molecular complexity index is 1340. The Kier molecular flexibility index (Phi) is 7.80. The minimum absolute atomic E-state index is 0.0179. The van der Waals surface area contributed by atoms with Crippen molar-refractivity contribution in [1.29, 1.82) is 0 Å². The molecule has 2 aromatic rings. The second-order valence-electron chi connectivity index (χ2n) is 8.48. The molecule has 0 saturated carbocycles. The summed E-state index contributed by atoms with van der Waals surface area (Å²) in [4.78, 5) is 13.5. The maximum Gasteiger partial charge on any atom is 0.266 e. The number of nitrogens with zero attached hydrogens (tertiary/aromatic N) is 2. The van der Waals surface area contributed by atoms with Gasteiger partial charge in [-0.3, -0.25) is 4.79 Å². The van der Waals surface area contributed by atoms with E-state index in [2.05, 4.69) is 0 Å². The molecule has 2 aromatic carbocycles. The average Bonchev–Trinajstić information content (AvgIpc) is 2.82. The van der Waals surface area contributed by atoms with Crippen LogP contribution in [0.1, 0.15) is 32.1 Å². The summed E-state index contributed by atoms with van der Waals surface area (Å²) >= 11 is 5.88. The highest BCUT2D eigenvalue weighted by Crippen LogP contribution is 2.29. The van der Waals surface area contributed by atoms with Crippen molar-refractivity contribution in [1.82, 2.24) is 8.61 Å². The fourth-order valence-corrected chi connectivity index (χ4v) is 7.49. The van der Waals surface area contributed by atoms with Crippen molar-refractivity contribution in [3.8, 4) is 0 Å². The molecule has 0 fully saturated rings. The van der Waals surface area contributed by atoms with Crippen molar-refractivity contribution in [2.24, 2.45) is 0 Å². The molecule has 186 valence electrons. The highest BCUT2D eigenvalue weighted by atomic mass is 35.5. The summed E-state index contributed by atoms with van der Waals surface area (Å²) in [7, 11) is -7.87. The van der Waals surface area contributed by atoms with E-state index in [0.29, 0.717) is 24.4 Å². The molecule has 0 radical (unpaired) electrons. The quantitative estimate of drug-likeness (QED) is 0.513. The van der Waals surface area contributed by atoms with E-state index in [4.69, 9.17) is 11.6 Å². The number of sulfonamides is 2. The summed E-state index contributed by atoms with van der Waals surface area (Å²) in [5.41, 5.74) is 0.289. The minimum Gasteiger partial charge on any atom is -0.268 e. The molecule has 2 aliphatic heterocycles. The summed E-state index contributed by atoms with van der Waals surface area (Å²) in [5.74, 6) is -0.626. The summed E-state index contributed by atoms with van der Waals surface area (Å²) in [6.07, 6.45) is 8.29. The van der Waals surface area contributed by atoms with Crippen LogP contribution in [-0.2, 0) is 24.8 Å². The number of hydrogen-bond acceptors (Lipinski definition) is 5. The zero-order chi connectivity index (χ0) is 25.1. The van der Waals surface area contributed by atoms with Gasteiger partial charge in [0, 0.05) is 29.7 Å². The second kappa shape index (κ2) is 10.7. The largest absolute Gasteiger partial charge is 0.268 e. The third-order valence-corrected chi connectivity index (χ3v) is 10.1. The average molecular weight is 535 g/mol. The van der Waals surface area contributed by atoms with Crippen LogP contribution < -0.4 is 0 Å². The van der Waals surface area contributed by atoms with Crippen LogP contribution in [-0.4, -0.2) is 50.5 Å². The maximum atomic E-state index is 13.5. The molecule has 0 spiro atoms. The van der Waals surface area contributed by atoms with E-state index in [-0.39, 0.29) is 28.3 Å². The van der Waals surface area contributed by atoms with Gasteiger partial charge in [0.05, 0.1) is 9.79 Å². The standard InChI is InChI=1S/C25H27ClN2O5S2/c26-21-13-15-24(16-14-21)35(32,33)28-18-8-9-20(25(28)29)19-22-10-4-1-2-7-17-27(22)34(30,31)23-11-5-3-6-12-23/h3-6,9-16,22H,1-2,7-8,17-19H2/b10-4-. The van der Waals surface area contributed by atoms with Gasteiger partial charge in [-0.15, -0.1) is 0 Å². The molecule has 1 unspecified atom stereocenters. The van der Waals surface area contributed by atoms with Crippen LogP contribution >= 0.6 is 11.6 Å². The van der Waals surface area contributed by atoms with Gasteiger partial charge in [0.15, 0.2) is 0 Å². The first-order valence-electron chi connectivity index (χ1n) is 11.5. The predicted molar refractivity (Wildman–Crippen MR) is 135 cm³/mol. The van der Waals surface area contributed by atoms with Gasteiger partial charge in [-0.05, 0) is 68.5 Å². The minimum atomic E-state index is -4.07. The Morgan fingerprint density at radius 1 is 0.829 bits per heavy atom. The molecule has 0 aromatic heterocycles. The molecule has 1 atom stereocenters. The second-order valence-corrected chi connectivity index (χ2v) is 12.7. The molecule has 10 heteroatoms. The fraction of sp³-hybridized carbons (Fsp3) is 0.320. The lowest BCUT2D eigenvalue weighted by Gasteiger charge is -2.33. The van der Waals surface area contributed by atoms with Crippen LogP contribution in [0.25, 0.3) is 0 Å². The Balaban J connectivity index is 1.62. The monoisotopic (exact) mass is 534 g/mol. The Hall–Kier alpha value is -2.46. The van der Waals surface area contributed by atoms with Gasteiger partial charge in [0.2, 0.25) is 10.0 Å². The molecule has 2 aliphatic rings. The zero-order valence-corrected chi connectivity index (χ0v) is 21.5. The molecule has 0 bridgehead atoms. The lowest BCUT2D eigenvalue weighted by Crippen LogP contribution is -2.44. The van der Waals surface area contributed by atoms with E-state index in [9.17, 15) is 21.6 Å². The SMILES string of the molecule is O=C1C(CC2/C=C\CCCCN2S(=O)(=O)c2ccccc2)=CCCN1S(=O)(=O)c1ccc(Cl)cc1. The van der Waals surface area contributed by atoms with Gasteiger partial charge >= 0.3 is 0 Å². The molecule has 1 amide bonds. The van der Waals surface area contributed by atoms with Gasteiger partial charge in [-0.1, -0.05) is 48.0 Å². The van der Waals surface area contributed by atoms with E-state index < -0.39 is 32.0 Å². The Morgan fingerprint density at radius 3 is 2.23 bits per heavy atom. The van der Waals surface area contributed by atoms with Crippen molar-refractivity contribution in [3.05, 3.63) is 83.4 Å². The first kappa shape index (κ1) is 25.6. The van der Waals surface area contributed by atoms with Crippen molar-refractivity contribution >= 4 is 37.6 Å². The Labute approximate surface area is 211 Å². The number of halogens is 1. The smallest absolute Gasteiger partial charge is 0.266 e. The van der Waals surface area contributed by atoms with Crippen molar-refractivity contribution in [3.63, 3.8) is 0 Å². The lowest BCUT2D eigenvalue weighted by molar-refractivity contribution is -0.123. The number of carbonyl (C=O) groups is 1. The Morgan fingerprint density at radius 2 is 1.51 bits per heavy atom. The van der Waals surface area contributed by atoms with E-state index in [0.717, 1.165) is 17.1 Å². The van der Waals surface area contributed by atoms with Crippen LogP contribution in [0, 0.1) is 0 Å². The van der Waals surface area contributed by atoms with Crippen molar-refractivity contribution in [2.45, 2.75) is 47.9 Å². The highest BCUT2D eigenvalue weighted by molar-refractivity contribution is 7.89. The molecule has 2 heterocycles. The van der Waals surface area contributed by atoms with Gasteiger partial charge in [-0.25, -0.2) is 21.1 Å². The number of allylic oxidation sites excluding steroid dienone is 1. The summed E-state index contributed by atoms with van der Waals surface area (Å²) in [6, 6.07) is 13.3. The van der Waals surface area contributed by atoms with Crippen molar-refractivity contribution in [2.75, 3.05) is 13.1 Å². The first-order valence-corrected chi connectivity index (χ1v) is 14.7. The van der Waals surface area contributed by atoms with E-state index >= 15 is 0 Å². The third-order valence-electron chi connectivity index (χ3n) is 6.13. The molecular formula is C25H27ClN2O5S2. The molecule has 4 rings (SSSR count). The summed E-state index contributed by atoms with van der Waals surface area (Å²) in [6.45, 7) is 0.348. The molecule has 35 heavy (non-hydrogen) atoms. The molecule has 0 aliphatic carbocycles. The predicted octanol–water partition coefficient (Wildman–Crippen LogP) is 4.38. The number of amides is 1. The van der Waals surface area contributed by atoms with Gasteiger partial charge in [0.25, 0.3) is 15.9 Å². The fourth-order valence-electron chi connectivity index (χ4n) is 4.31. The lowest BCUT2D eigenvalue weighted by atomic mass is 10.00. The van der Waals surface area contributed by atoms with Gasteiger partial charge in [-0.2, -0.15) is 4.31 Å². The maximum absolute atomic E-state index is 13.5. The van der Waals surface area contributed by atoms with E-state index in [1.54, 1.807) is 36.4 Å². The van der Waals surface area contributed by atoms with Crippen molar-refractivity contribution < 1.29 is 21.6 Å². The molecule has 0 saturated heterocycles. The highest BCUT2D eigenvalue weighted by Gasteiger charge is 2.36. The van der Waals surface area contributed by atoms with Gasteiger partial charge < -0.3 is 0 Å². The first-order chi connectivity index (χ1) is 16.7. The number of hydrogen-bond donors (Lipinski definition) is 0. The summed E-state index contributed by atoms with van der Waals surface area (Å²) < 4.78 is 55.6. The molecule has 0 N–H and O–H groups in total. The van der Waals surface area contributed by atoms with Crippen LogP contribution in [0.5, 0.6) is 0 Å². The number of rotatable bonds is 6. The van der Waals surface area contributed by atoms with E-state index in [1.807, 2.05) is 12.2 Å². The summed E-state index contributed by atoms with van der Waals surface area (Å²) in [5, 5.41) is 0.394. The van der Waals surface area contributed by atoms with Crippen LogP contribution in [0.3, 0.4) is 0 Å². The topological polar surface area (TPSA) is 91.8 Å². The van der Waals surface area contributed by atoms with Crippen LogP contribution in [0.15, 0.2) is 88.2 Å². The third kappa shape index (κ3) is 5.53. The van der Waals surface area contributed by atoms with Gasteiger partial charge in [0.1, 0.15) is 0 Å². The molecule has 7 nitrogen and oxygen atoms in total.